The molecule has 5 nitrogen and oxygen atoms in total. The van der Waals surface area contributed by atoms with Gasteiger partial charge in [-0.2, -0.15) is 5.10 Å². The summed E-state index contributed by atoms with van der Waals surface area (Å²) in [5, 5.41) is 4.37. The van der Waals surface area contributed by atoms with E-state index in [0.29, 0.717) is 12.6 Å². The van der Waals surface area contributed by atoms with Gasteiger partial charge in [-0.1, -0.05) is 50.5 Å². The summed E-state index contributed by atoms with van der Waals surface area (Å²) in [5.41, 5.74) is 8.81. The van der Waals surface area contributed by atoms with E-state index in [2.05, 4.69) is 23.1 Å². The normalized spacial score (nSPS) is 11.4. The number of ether oxygens (including phenoxy) is 1. The number of nitrogen functional groups attached to an aromatic ring is 1. The lowest BCUT2D eigenvalue weighted by molar-refractivity contribution is 0.116. The minimum atomic E-state index is 0.392. The molecule has 23 heavy (non-hydrogen) atoms. The first-order chi connectivity index (χ1) is 11.2. The Labute approximate surface area is 138 Å². The fourth-order valence-corrected chi connectivity index (χ4v) is 2.33. The number of imidazole rings is 1. The first-order valence-corrected chi connectivity index (χ1v) is 8.22. The summed E-state index contributed by atoms with van der Waals surface area (Å²) < 4.78 is 7.36. The third-order valence-corrected chi connectivity index (χ3v) is 3.61. The van der Waals surface area contributed by atoms with Crippen LogP contribution in [0.25, 0.3) is 0 Å². The zero-order valence-corrected chi connectivity index (χ0v) is 14.0. The second kappa shape index (κ2) is 9.10. The highest BCUT2D eigenvalue weighted by molar-refractivity contribution is 5.81. The van der Waals surface area contributed by atoms with E-state index in [1.807, 2.05) is 25.1 Å². The molecule has 1 aromatic heterocycles. The Morgan fingerprint density at radius 2 is 2.09 bits per heavy atom. The lowest BCUT2D eigenvalue weighted by atomic mass is 10.1. The third kappa shape index (κ3) is 5.53. The van der Waals surface area contributed by atoms with Gasteiger partial charge >= 0.3 is 0 Å². The Bertz CT molecular complexity index is 634. The Morgan fingerprint density at radius 3 is 2.83 bits per heavy atom. The van der Waals surface area contributed by atoms with Crippen LogP contribution in [0.3, 0.4) is 0 Å². The Balaban J connectivity index is 1.93. The molecule has 124 valence electrons. The molecular formula is C18H26N4O. The number of aryl methyl sites for hydroxylation is 1. The molecule has 0 aliphatic carbocycles. The summed E-state index contributed by atoms with van der Waals surface area (Å²) in [6, 6.07) is 8.10. The van der Waals surface area contributed by atoms with Crippen molar-refractivity contribution >= 4 is 12.2 Å². The van der Waals surface area contributed by atoms with Crippen LogP contribution in [-0.4, -0.2) is 22.5 Å². The van der Waals surface area contributed by atoms with Gasteiger partial charge in [-0.3, -0.25) is 0 Å². The highest BCUT2D eigenvalue weighted by Crippen LogP contribution is 2.10. The molecule has 0 amide bonds. The van der Waals surface area contributed by atoms with Gasteiger partial charge in [-0.15, -0.1) is 0 Å². The minimum absolute atomic E-state index is 0.392. The van der Waals surface area contributed by atoms with Gasteiger partial charge in [0.25, 0.3) is 0 Å². The van der Waals surface area contributed by atoms with Crippen LogP contribution < -0.4 is 5.73 Å². The molecule has 1 heterocycles. The molecule has 1 aromatic carbocycles. The number of hydrogen-bond acceptors (Lipinski definition) is 4. The van der Waals surface area contributed by atoms with E-state index in [1.54, 1.807) is 17.1 Å². The van der Waals surface area contributed by atoms with Crippen molar-refractivity contribution in [2.75, 3.05) is 12.3 Å². The van der Waals surface area contributed by atoms with Crippen LogP contribution in [0.15, 0.2) is 35.6 Å². The number of rotatable bonds is 9. The number of aromatic nitrogens is 2. The van der Waals surface area contributed by atoms with Gasteiger partial charge in [0.15, 0.2) is 0 Å². The van der Waals surface area contributed by atoms with E-state index in [-0.39, 0.29) is 0 Å². The molecule has 0 fully saturated rings. The van der Waals surface area contributed by atoms with Gasteiger partial charge in [0.05, 0.1) is 24.7 Å². The molecule has 0 bridgehead atoms. The van der Waals surface area contributed by atoms with Gasteiger partial charge in [0.2, 0.25) is 5.95 Å². The van der Waals surface area contributed by atoms with Gasteiger partial charge in [0.1, 0.15) is 0 Å². The van der Waals surface area contributed by atoms with E-state index in [4.69, 9.17) is 10.5 Å². The number of nitrogens with zero attached hydrogens (tertiary/aromatic N) is 3. The summed E-state index contributed by atoms with van der Waals surface area (Å²) in [6.45, 7) is 5.51. The third-order valence-electron chi connectivity index (χ3n) is 3.61. The van der Waals surface area contributed by atoms with E-state index in [9.17, 15) is 0 Å². The number of anilines is 1. The van der Waals surface area contributed by atoms with E-state index in [1.165, 1.54) is 19.3 Å². The Hall–Kier alpha value is -2.14. The zero-order chi connectivity index (χ0) is 16.5. The molecule has 2 rings (SSSR count). The quantitative estimate of drug-likeness (QED) is 0.566. The van der Waals surface area contributed by atoms with Gasteiger partial charge in [-0.25, -0.2) is 9.66 Å². The topological polar surface area (TPSA) is 65.4 Å². The van der Waals surface area contributed by atoms with Gasteiger partial charge in [0, 0.05) is 12.2 Å². The van der Waals surface area contributed by atoms with Crippen LogP contribution in [0.4, 0.5) is 5.95 Å². The van der Waals surface area contributed by atoms with E-state index >= 15 is 0 Å². The van der Waals surface area contributed by atoms with Crippen LogP contribution in [-0.2, 0) is 11.3 Å². The SMILES string of the molecule is CCCCCCOCc1ccccc1C=Nn1cc(C)nc1N. The van der Waals surface area contributed by atoms with Gasteiger partial charge < -0.3 is 10.5 Å². The van der Waals surface area contributed by atoms with Crippen molar-refractivity contribution in [3.8, 4) is 0 Å². The van der Waals surface area contributed by atoms with Crippen LogP contribution in [0.5, 0.6) is 0 Å². The molecule has 0 atom stereocenters. The summed E-state index contributed by atoms with van der Waals surface area (Å²) >= 11 is 0. The second-order valence-electron chi connectivity index (χ2n) is 5.64. The fourth-order valence-electron chi connectivity index (χ4n) is 2.33. The Kier molecular flexibility index (Phi) is 6.81. The van der Waals surface area contributed by atoms with Crippen LogP contribution in [0.2, 0.25) is 0 Å². The highest BCUT2D eigenvalue weighted by Gasteiger charge is 2.02. The maximum atomic E-state index is 5.80. The van der Waals surface area contributed by atoms with Crippen molar-refractivity contribution < 1.29 is 4.74 Å². The van der Waals surface area contributed by atoms with Crippen LogP contribution >= 0.6 is 0 Å². The molecule has 0 unspecified atom stereocenters. The van der Waals surface area contributed by atoms with Crippen molar-refractivity contribution in [2.45, 2.75) is 46.1 Å². The average molecular weight is 314 g/mol. The summed E-state index contributed by atoms with van der Waals surface area (Å²) in [5.74, 6) is 0.392. The standard InChI is InChI=1S/C18H26N4O/c1-3-4-5-8-11-23-14-17-10-7-6-9-16(17)12-20-22-13-15(2)21-18(22)19/h6-7,9-10,12-13H,3-5,8,11,14H2,1-2H3,(H2,19,21). The summed E-state index contributed by atoms with van der Waals surface area (Å²) in [6.07, 6.45) is 8.48. The number of benzene rings is 1. The molecule has 2 aromatic rings. The molecule has 0 spiro atoms. The largest absolute Gasteiger partial charge is 0.377 e. The maximum absolute atomic E-state index is 5.80. The predicted molar refractivity (Wildman–Crippen MR) is 94.6 cm³/mol. The first-order valence-electron chi connectivity index (χ1n) is 8.22. The monoisotopic (exact) mass is 314 g/mol. The van der Waals surface area contributed by atoms with Crippen molar-refractivity contribution in [3.63, 3.8) is 0 Å². The number of hydrogen-bond donors (Lipinski definition) is 1. The second-order valence-corrected chi connectivity index (χ2v) is 5.64. The van der Waals surface area contributed by atoms with Crippen molar-refractivity contribution in [3.05, 3.63) is 47.3 Å². The fraction of sp³-hybridized carbons (Fsp3) is 0.444. The molecule has 0 saturated heterocycles. The van der Waals surface area contributed by atoms with Crippen molar-refractivity contribution in [2.24, 2.45) is 5.10 Å². The lowest BCUT2D eigenvalue weighted by Crippen LogP contribution is -2.01. The lowest BCUT2D eigenvalue weighted by Gasteiger charge is -2.07. The zero-order valence-electron chi connectivity index (χ0n) is 14.0. The van der Waals surface area contributed by atoms with Gasteiger partial charge in [-0.05, 0) is 18.9 Å². The number of unbranched alkanes of at least 4 members (excludes halogenated alkanes) is 3. The smallest absolute Gasteiger partial charge is 0.221 e. The molecule has 0 aliphatic rings. The number of nitrogens with two attached hydrogens (primary N) is 1. The Morgan fingerprint density at radius 1 is 1.26 bits per heavy atom. The van der Waals surface area contributed by atoms with E-state index < -0.39 is 0 Å². The predicted octanol–water partition coefficient (Wildman–Crippen LogP) is 3.75. The van der Waals surface area contributed by atoms with Crippen molar-refractivity contribution in [1.82, 2.24) is 9.66 Å². The summed E-state index contributed by atoms with van der Waals surface area (Å²) in [4.78, 5) is 4.13. The maximum Gasteiger partial charge on any atom is 0.221 e. The molecule has 0 saturated carbocycles. The van der Waals surface area contributed by atoms with Crippen molar-refractivity contribution in [1.29, 1.82) is 0 Å². The average Bonchev–Trinajstić information content (AvgIpc) is 2.87. The molecular weight excluding hydrogens is 288 g/mol. The van der Waals surface area contributed by atoms with Crippen LogP contribution in [0.1, 0.15) is 49.4 Å². The van der Waals surface area contributed by atoms with E-state index in [0.717, 1.165) is 29.8 Å². The molecule has 0 aliphatic heterocycles. The van der Waals surface area contributed by atoms with Crippen LogP contribution in [0, 0.1) is 6.92 Å². The molecule has 0 radical (unpaired) electrons. The highest BCUT2D eigenvalue weighted by atomic mass is 16.5. The molecule has 2 N–H and O–H groups in total. The minimum Gasteiger partial charge on any atom is -0.377 e. The molecule has 5 heteroatoms. The first kappa shape index (κ1) is 17.2. The summed E-state index contributed by atoms with van der Waals surface area (Å²) in [7, 11) is 0.